The van der Waals surface area contributed by atoms with Gasteiger partial charge in [0.15, 0.2) is 0 Å². The summed E-state index contributed by atoms with van der Waals surface area (Å²) in [5, 5.41) is 8.90. The van der Waals surface area contributed by atoms with Gasteiger partial charge in [0.05, 0.1) is 12.4 Å². The Hall–Kier alpha value is -1.12. The Morgan fingerprint density at radius 2 is 1.67 bits per heavy atom. The largest absolute Gasteiger partial charge is 0.402 e. The fraction of sp³-hybridized carbons (Fsp3) is 0.538. The first-order valence-electron chi connectivity index (χ1n) is 6.41. The van der Waals surface area contributed by atoms with Gasteiger partial charge in [0.25, 0.3) is 0 Å². The predicted octanol–water partition coefficient (Wildman–Crippen LogP) is 2.28. The monoisotopic (exact) mass is 325 g/mol. The minimum atomic E-state index is -4.57. The van der Waals surface area contributed by atoms with Gasteiger partial charge >= 0.3 is 6.18 Å². The van der Waals surface area contributed by atoms with Crippen LogP contribution in [0.4, 0.5) is 13.2 Å². The maximum absolute atomic E-state index is 12.5. The van der Waals surface area contributed by atoms with Crippen molar-refractivity contribution < 1.29 is 26.7 Å². The maximum atomic E-state index is 12.5. The third-order valence-electron chi connectivity index (χ3n) is 2.78. The van der Waals surface area contributed by atoms with Crippen molar-refractivity contribution in [2.75, 3.05) is 13.1 Å². The van der Waals surface area contributed by atoms with Crippen LogP contribution in [0.2, 0.25) is 0 Å². The third-order valence-corrected chi connectivity index (χ3v) is 4.57. The highest BCUT2D eigenvalue weighted by atomic mass is 32.2. The number of sulfonamides is 1. The lowest BCUT2D eigenvalue weighted by atomic mass is 10.2. The molecule has 4 nitrogen and oxygen atoms in total. The van der Waals surface area contributed by atoms with Gasteiger partial charge in [-0.15, -0.1) is 0 Å². The van der Waals surface area contributed by atoms with E-state index < -0.39 is 28.5 Å². The van der Waals surface area contributed by atoms with Crippen LogP contribution in [0.15, 0.2) is 24.3 Å². The topological polar surface area (TPSA) is 57.6 Å². The molecule has 8 heteroatoms. The van der Waals surface area contributed by atoms with E-state index in [1.807, 2.05) is 0 Å². The number of rotatable bonds is 7. The Bertz CT molecular complexity index is 541. The van der Waals surface area contributed by atoms with E-state index in [0.29, 0.717) is 21.9 Å². The zero-order valence-corrected chi connectivity index (χ0v) is 12.4. The molecule has 0 saturated carbocycles. The van der Waals surface area contributed by atoms with Crippen LogP contribution >= 0.6 is 0 Å². The first-order chi connectivity index (χ1) is 9.68. The van der Waals surface area contributed by atoms with E-state index in [4.69, 9.17) is 5.11 Å². The molecule has 0 fully saturated rings. The molecule has 0 saturated heterocycles. The smallest absolute Gasteiger partial charge is 0.392 e. The summed E-state index contributed by atoms with van der Waals surface area (Å²) in [5.74, 6) is -0.491. The van der Waals surface area contributed by atoms with E-state index in [1.54, 1.807) is 19.1 Å². The number of aliphatic hydroxyl groups is 1. The van der Waals surface area contributed by atoms with Crippen LogP contribution in [0.5, 0.6) is 0 Å². The van der Waals surface area contributed by atoms with E-state index >= 15 is 0 Å². The summed E-state index contributed by atoms with van der Waals surface area (Å²) in [7, 11) is -4.04. The highest BCUT2D eigenvalue weighted by molar-refractivity contribution is 7.88. The molecule has 21 heavy (non-hydrogen) atoms. The number of nitrogens with zero attached hydrogens (tertiary/aromatic N) is 1. The molecular weight excluding hydrogens is 307 g/mol. The summed E-state index contributed by atoms with van der Waals surface area (Å²) >= 11 is 0. The van der Waals surface area contributed by atoms with Gasteiger partial charge in [0, 0.05) is 6.54 Å². The molecule has 0 amide bonds. The van der Waals surface area contributed by atoms with Crippen LogP contribution in [0.3, 0.4) is 0 Å². The Labute approximate surface area is 122 Å². The zero-order chi connectivity index (χ0) is 16.1. The van der Waals surface area contributed by atoms with Crippen molar-refractivity contribution in [2.45, 2.75) is 31.9 Å². The van der Waals surface area contributed by atoms with Crippen molar-refractivity contribution in [3.05, 3.63) is 35.4 Å². The molecule has 0 radical (unpaired) electrons. The molecule has 1 N–H and O–H groups in total. The van der Waals surface area contributed by atoms with Crippen molar-refractivity contribution >= 4 is 10.0 Å². The van der Waals surface area contributed by atoms with Gasteiger partial charge in [0.1, 0.15) is 6.54 Å². The summed E-state index contributed by atoms with van der Waals surface area (Å²) in [5.41, 5.74) is 0.993. The van der Waals surface area contributed by atoms with E-state index in [0.717, 1.165) is 0 Å². The van der Waals surface area contributed by atoms with Gasteiger partial charge in [0.2, 0.25) is 10.0 Å². The van der Waals surface area contributed by atoms with Crippen molar-refractivity contribution in [3.63, 3.8) is 0 Å². The van der Waals surface area contributed by atoms with Crippen molar-refractivity contribution in [2.24, 2.45) is 0 Å². The van der Waals surface area contributed by atoms with Crippen LogP contribution in [-0.4, -0.2) is 37.1 Å². The fourth-order valence-electron chi connectivity index (χ4n) is 1.81. The molecule has 0 aliphatic carbocycles. The second-order valence-electron chi connectivity index (χ2n) is 4.68. The number of hydrogen-bond donors (Lipinski definition) is 1. The lowest BCUT2D eigenvalue weighted by molar-refractivity contribution is -0.136. The molecule has 1 aromatic rings. The van der Waals surface area contributed by atoms with E-state index in [9.17, 15) is 21.6 Å². The van der Waals surface area contributed by atoms with E-state index in [-0.39, 0.29) is 13.2 Å². The number of halogens is 3. The van der Waals surface area contributed by atoms with Crippen LogP contribution in [0.1, 0.15) is 24.5 Å². The van der Waals surface area contributed by atoms with Crippen molar-refractivity contribution in [1.82, 2.24) is 4.31 Å². The Morgan fingerprint density at radius 3 is 2.10 bits per heavy atom. The summed E-state index contributed by atoms with van der Waals surface area (Å²) in [6, 6.07) is 6.05. The molecule has 0 bridgehead atoms. The van der Waals surface area contributed by atoms with Gasteiger partial charge in [-0.3, -0.25) is 0 Å². The van der Waals surface area contributed by atoms with Crippen molar-refractivity contribution in [3.8, 4) is 0 Å². The highest BCUT2D eigenvalue weighted by Gasteiger charge is 2.35. The zero-order valence-electron chi connectivity index (χ0n) is 11.6. The molecule has 0 aliphatic rings. The van der Waals surface area contributed by atoms with Crippen LogP contribution in [-0.2, 0) is 22.4 Å². The molecular formula is C13H18F3NO3S. The number of alkyl halides is 3. The van der Waals surface area contributed by atoms with E-state index in [2.05, 4.69) is 0 Å². The molecule has 0 heterocycles. The molecule has 0 aliphatic heterocycles. The first-order valence-corrected chi connectivity index (χ1v) is 8.02. The lowest BCUT2D eigenvalue weighted by Gasteiger charge is -2.22. The normalized spacial score (nSPS) is 12.9. The Balaban J connectivity index is 2.89. The highest BCUT2D eigenvalue weighted by Crippen LogP contribution is 2.21. The molecule has 120 valence electrons. The van der Waals surface area contributed by atoms with Gasteiger partial charge < -0.3 is 5.11 Å². The minimum Gasteiger partial charge on any atom is -0.392 e. The molecule has 0 aromatic heterocycles. The predicted molar refractivity (Wildman–Crippen MR) is 72.9 cm³/mol. The van der Waals surface area contributed by atoms with Gasteiger partial charge in [-0.1, -0.05) is 31.2 Å². The average Bonchev–Trinajstić information content (AvgIpc) is 2.37. The Kier molecular flexibility index (Phi) is 6.18. The standard InChI is InChI=1S/C13H18F3NO3S/c1-2-7-17(10-13(14,15)16)21(19,20)9-12-5-3-11(8-18)4-6-12/h3-6,18H,2,7-10H2,1H3. The van der Waals surface area contributed by atoms with Gasteiger partial charge in [-0.05, 0) is 17.5 Å². The third kappa shape index (κ3) is 6.03. The Morgan fingerprint density at radius 1 is 1.14 bits per heavy atom. The number of aliphatic hydroxyl groups excluding tert-OH is 1. The second-order valence-corrected chi connectivity index (χ2v) is 6.65. The second kappa shape index (κ2) is 7.24. The van der Waals surface area contributed by atoms with Crippen LogP contribution < -0.4 is 0 Å². The number of hydrogen-bond acceptors (Lipinski definition) is 3. The SMILES string of the molecule is CCCN(CC(F)(F)F)S(=O)(=O)Cc1ccc(CO)cc1. The average molecular weight is 325 g/mol. The van der Waals surface area contributed by atoms with Crippen LogP contribution in [0.25, 0.3) is 0 Å². The quantitative estimate of drug-likeness (QED) is 0.837. The number of benzene rings is 1. The lowest BCUT2D eigenvalue weighted by Crippen LogP contribution is -2.40. The molecule has 1 rings (SSSR count). The van der Waals surface area contributed by atoms with Crippen LogP contribution in [0, 0.1) is 0 Å². The summed E-state index contributed by atoms with van der Waals surface area (Å²) in [6.07, 6.45) is -4.26. The molecule has 0 unspecified atom stereocenters. The molecule has 0 atom stereocenters. The molecule has 0 spiro atoms. The van der Waals surface area contributed by atoms with Gasteiger partial charge in [-0.2, -0.15) is 17.5 Å². The first kappa shape index (κ1) is 17.9. The summed E-state index contributed by atoms with van der Waals surface area (Å²) in [6.45, 7) is -0.202. The van der Waals surface area contributed by atoms with E-state index in [1.165, 1.54) is 12.1 Å². The maximum Gasteiger partial charge on any atom is 0.402 e. The minimum absolute atomic E-state index is 0.170. The summed E-state index contributed by atoms with van der Waals surface area (Å²) < 4.78 is 62.1. The van der Waals surface area contributed by atoms with Gasteiger partial charge in [-0.25, -0.2) is 8.42 Å². The molecule has 1 aromatic carbocycles. The van der Waals surface area contributed by atoms with Crippen molar-refractivity contribution in [1.29, 1.82) is 0 Å². The summed E-state index contributed by atoms with van der Waals surface area (Å²) in [4.78, 5) is 0. The fourth-order valence-corrected chi connectivity index (χ4v) is 3.41.